The quantitative estimate of drug-likeness (QED) is 0.744. The van der Waals surface area contributed by atoms with Gasteiger partial charge in [-0.15, -0.1) is 11.6 Å². The molecule has 0 aromatic carbocycles. The van der Waals surface area contributed by atoms with Crippen molar-refractivity contribution in [1.29, 1.82) is 0 Å². The first-order valence-electron chi connectivity index (χ1n) is 5.72. The molecule has 1 aromatic heterocycles. The molecule has 1 aliphatic rings. The predicted octanol–water partition coefficient (Wildman–Crippen LogP) is 2.84. The molecular formula is C11H18ClN3. The van der Waals surface area contributed by atoms with Crippen LogP contribution in [0.3, 0.4) is 0 Å². The summed E-state index contributed by atoms with van der Waals surface area (Å²) in [5.74, 6) is 3.04. The summed E-state index contributed by atoms with van der Waals surface area (Å²) in [6, 6.07) is 0. The van der Waals surface area contributed by atoms with Crippen LogP contribution in [0.25, 0.3) is 0 Å². The van der Waals surface area contributed by atoms with E-state index in [2.05, 4.69) is 17.0 Å². The molecule has 0 atom stereocenters. The van der Waals surface area contributed by atoms with E-state index in [9.17, 15) is 0 Å². The largest absolute Gasteiger partial charge is 0.249 e. The molecule has 0 spiro atoms. The molecule has 0 unspecified atom stereocenters. The molecular weight excluding hydrogens is 210 g/mol. The van der Waals surface area contributed by atoms with Crippen molar-refractivity contribution in [2.45, 2.75) is 45.0 Å². The van der Waals surface area contributed by atoms with Crippen LogP contribution in [0.2, 0.25) is 0 Å². The van der Waals surface area contributed by atoms with Crippen molar-refractivity contribution in [1.82, 2.24) is 14.8 Å². The number of hydrogen-bond acceptors (Lipinski definition) is 2. The van der Waals surface area contributed by atoms with Gasteiger partial charge in [0.15, 0.2) is 0 Å². The highest BCUT2D eigenvalue weighted by Crippen LogP contribution is 2.29. The lowest BCUT2D eigenvalue weighted by Gasteiger charge is -2.26. The zero-order chi connectivity index (χ0) is 10.7. The molecule has 0 radical (unpaired) electrons. The van der Waals surface area contributed by atoms with Crippen molar-refractivity contribution in [3.8, 4) is 0 Å². The van der Waals surface area contributed by atoms with Crippen LogP contribution in [-0.4, -0.2) is 14.8 Å². The summed E-state index contributed by atoms with van der Waals surface area (Å²) in [5, 5.41) is 4.22. The fourth-order valence-electron chi connectivity index (χ4n) is 2.30. The van der Waals surface area contributed by atoms with E-state index in [0.717, 1.165) is 24.2 Å². The van der Waals surface area contributed by atoms with Crippen molar-refractivity contribution in [2.24, 2.45) is 11.8 Å². The lowest BCUT2D eigenvalue weighted by Crippen LogP contribution is -2.19. The van der Waals surface area contributed by atoms with Crippen LogP contribution < -0.4 is 0 Å². The SMILES string of the molecule is CC1CCC(Cn2ncnc2CCl)CC1. The third-order valence-corrected chi connectivity index (χ3v) is 3.62. The van der Waals surface area contributed by atoms with E-state index in [1.54, 1.807) is 6.33 Å². The highest BCUT2D eigenvalue weighted by atomic mass is 35.5. The Labute approximate surface area is 95.8 Å². The van der Waals surface area contributed by atoms with Gasteiger partial charge in [0.25, 0.3) is 0 Å². The molecule has 0 amide bonds. The summed E-state index contributed by atoms with van der Waals surface area (Å²) in [7, 11) is 0. The minimum Gasteiger partial charge on any atom is -0.249 e. The Kier molecular flexibility index (Phi) is 3.62. The summed E-state index contributed by atoms with van der Waals surface area (Å²) in [6.07, 6.45) is 6.96. The minimum atomic E-state index is 0.461. The molecule has 84 valence electrons. The van der Waals surface area contributed by atoms with Gasteiger partial charge in [-0.2, -0.15) is 5.10 Å². The van der Waals surface area contributed by atoms with Crippen LogP contribution in [0.5, 0.6) is 0 Å². The van der Waals surface area contributed by atoms with Crippen LogP contribution >= 0.6 is 11.6 Å². The second-order valence-corrected chi connectivity index (χ2v) is 4.89. The first-order valence-corrected chi connectivity index (χ1v) is 6.25. The van der Waals surface area contributed by atoms with Crippen LogP contribution in [-0.2, 0) is 12.4 Å². The molecule has 1 saturated carbocycles. The van der Waals surface area contributed by atoms with Gasteiger partial charge in [-0.05, 0) is 24.7 Å². The normalized spacial score (nSPS) is 26.8. The molecule has 0 saturated heterocycles. The molecule has 1 heterocycles. The van der Waals surface area contributed by atoms with Crippen LogP contribution in [0, 0.1) is 11.8 Å². The van der Waals surface area contributed by atoms with E-state index in [1.165, 1.54) is 25.7 Å². The summed E-state index contributed by atoms with van der Waals surface area (Å²) < 4.78 is 1.97. The molecule has 15 heavy (non-hydrogen) atoms. The van der Waals surface area contributed by atoms with Gasteiger partial charge in [0.2, 0.25) is 0 Å². The van der Waals surface area contributed by atoms with Crippen LogP contribution in [0.1, 0.15) is 38.4 Å². The van der Waals surface area contributed by atoms with E-state index in [1.807, 2.05) is 4.68 Å². The third-order valence-electron chi connectivity index (χ3n) is 3.38. The van der Waals surface area contributed by atoms with E-state index in [-0.39, 0.29) is 0 Å². The Balaban J connectivity index is 1.91. The number of halogens is 1. The van der Waals surface area contributed by atoms with Gasteiger partial charge in [-0.1, -0.05) is 19.8 Å². The molecule has 1 aliphatic carbocycles. The van der Waals surface area contributed by atoms with Crippen molar-refractivity contribution in [2.75, 3.05) is 0 Å². The molecule has 1 fully saturated rings. The predicted molar refractivity (Wildman–Crippen MR) is 60.7 cm³/mol. The highest BCUT2D eigenvalue weighted by Gasteiger charge is 2.19. The average Bonchev–Trinajstić information content (AvgIpc) is 2.69. The van der Waals surface area contributed by atoms with Gasteiger partial charge < -0.3 is 0 Å². The Hall–Kier alpha value is -0.570. The van der Waals surface area contributed by atoms with Crippen LogP contribution in [0.4, 0.5) is 0 Å². The van der Waals surface area contributed by atoms with Crippen LogP contribution in [0.15, 0.2) is 6.33 Å². The van der Waals surface area contributed by atoms with E-state index < -0.39 is 0 Å². The van der Waals surface area contributed by atoms with Crippen molar-refractivity contribution in [3.05, 3.63) is 12.2 Å². The fraction of sp³-hybridized carbons (Fsp3) is 0.818. The molecule has 0 aliphatic heterocycles. The Morgan fingerprint density at radius 1 is 1.40 bits per heavy atom. The summed E-state index contributed by atoms with van der Waals surface area (Å²) in [5.41, 5.74) is 0. The maximum atomic E-state index is 5.79. The fourth-order valence-corrected chi connectivity index (χ4v) is 2.51. The standard InChI is InChI=1S/C11H18ClN3/c1-9-2-4-10(5-3-9)7-15-11(6-12)13-8-14-15/h8-10H,2-7H2,1H3. The second-order valence-electron chi connectivity index (χ2n) is 4.62. The maximum Gasteiger partial charge on any atom is 0.141 e. The van der Waals surface area contributed by atoms with Gasteiger partial charge in [-0.25, -0.2) is 9.67 Å². The number of nitrogens with zero attached hydrogens (tertiary/aromatic N) is 3. The zero-order valence-corrected chi connectivity index (χ0v) is 9.95. The smallest absolute Gasteiger partial charge is 0.141 e. The molecule has 1 aromatic rings. The zero-order valence-electron chi connectivity index (χ0n) is 9.19. The Morgan fingerprint density at radius 3 is 2.80 bits per heavy atom. The Morgan fingerprint density at radius 2 is 2.13 bits per heavy atom. The van der Waals surface area contributed by atoms with Crippen molar-refractivity contribution >= 4 is 11.6 Å². The number of aromatic nitrogens is 3. The number of rotatable bonds is 3. The topological polar surface area (TPSA) is 30.7 Å². The molecule has 3 nitrogen and oxygen atoms in total. The van der Waals surface area contributed by atoms with Crippen molar-refractivity contribution in [3.63, 3.8) is 0 Å². The average molecular weight is 228 g/mol. The van der Waals surface area contributed by atoms with Gasteiger partial charge in [0.05, 0.1) is 5.88 Å². The highest BCUT2D eigenvalue weighted by molar-refractivity contribution is 6.16. The van der Waals surface area contributed by atoms with E-state index >= 15 is 0 Å². The monoisotopic (exact) mass is 227 g/mol. The van der Waals surface area contributed by atoms with Gasteiger partial charge >= 0.3 is 0 Å². The van der Waals surface area contributed by atoms with Gasteiger partial charge in [-0.3, -0.25) is 0 Å². The lowest BCUT2D eigenvalue weighted by molar-refractivity contribution is 0.256. The van der Waals surface area contributed by atoms with E-state index in [4.69, 9.17) is 11.6 Å². The van der Waals surface area contributed by atoms with Crippen molar-refractivity contribution < 1.29 is 0 Å². The first kappa shape index (κ1) is 10.9. The minimum absolute atomic E-state index is 0.461. The number of alkyl halides is 1. The third kappa shape index (κ3) is 2.71. The summed E-state index contributed by atoms with van der Waals surface area (Å²) >= 11 is 5.79. The first-order chi connectivity index (χ1) is 7.29. The summed E-state index contributed by atoms with van der Waals surface area (Å²) in [6.45, 7) is 3.34. The Bertz CT molecular complexity index is 303. The molecule has 4 heteroatoms. The van der Waals surface area contributed by atoms with Gasteiger partial charge in [0.1, 0.15) is 12.2 Å². The van der Waals surface area contributed by atoms with Gasteiger partial charge in [0, 0.05) is 6.54 Å². The molecule has 0 bridgehead atoms. The lowest BCUT2D eigenvalue weighted by atomic mass is 9.83. The molecule has 0 N–H and O–H groups in total. The summed E-state index contributed by atoms with van der Waals surface area (Å²) in [4.78, 5) is 4.14. The maximum absolute atomic E-state index is 5.79. The van der Waals surface area contributed by atoms with E-state index in [0.29, 0.717) is 5.88 Å². The molecule has 2 rings (SSSR count). The number of hydrogen-bond donors (Lipinski definition) is 0. The second kappa shape index (κ2) is 4.97.